The fourth-order valence-electron chi connectivity index (χ4n) is 3.59. The molecular formula is C21H24N6O6S. The van der Waals surface area contributed by atoms with E-state index in [-0.39, 0.29) is 27.9 Å². The van der Waals surface area contributed by atoms with E-state index in [1.807, 2.05) is 0 Å². The number of nitrogens with one attached hydrogen (secondary N) is 1. The molecule has 12 nitrogen and oxygen atoms in total. The number of methoxy groups -OCH3 is 1. The van der Waals surface area contributed by atoms with Crippen LogP contribution in [-0.4, -0.2) is 71.0 Å². The van der Waals surface area contributed by atoms with E-state index in [4.69, 9.17) is 9.47 Å². The molecule has 1 aliphatic heterocycles. The predicted molar refractivity (Wildman–Crippen MR) is 120 cm³/mol. The molecule has 4 rings (SSSR count). The first-order chi connectivity index (χ1) is 16.3. The summed E-state index contributed by atoms with van der Waals surface area (Å²) in [6, 6.07) is 6.01. The molecule has 180 valence electrons. The zero-order valence-electron chi connectivity index (χ0n) is 18.7. The van der Waals surface area contributed by atoms with Crippen LogP contribution in [0.2, 0.25) is 0 Å². The first-order valence-corrected chi connectivity index (χ1v) is 12.1. The van der Waals surface area contributed by atoms with E-state index in [1.54, 1.807) is 13.0 Å². The maximum atomic E-state index is 13.1. The Kier molecular flexibility index (Phi) is 6.75. The second-order valence-electron chi connectivity index (χ2n) is 7.69. The highest BCUT2D eigenvalue weighted by atomic mass is 32.2. The fourth-order valence-corrected chi connectivity index (χ4v) is 5.28. The van der Waals surface area contributed by atoms with E-state index in [2.05, 4.69) is 20.4 Å². The molecule has 2 aromatic heterocycles. The van der Waals surface area contributed by atoms with E-state index in [1.165, 1.54) is 40.3 Å². The van der Waals surface area contributed by atoms with E-state index in [0.717, 1.165) is 25.0 Å². The summed E-state index contributed by atoms with van der Waals surface area (Å²) in [5.41, 5.74) is 0.951. The Labute approximate surface area is 195 Å². The molecule has 0 atom stereocenters. The highest BCUT2D eigenvalue weighted by Gasteiger charge is 2.29. The van der Waals surface area contributed by atoms with Crippen LogP contribution in [0, 0.1) is 6.92 Å². The van der Waals surface area contributed by atoms with E-state index in [9.17, 15) is 18.0 Å². The number of fused-ring (bicyclic) bond motifs is 1. The van der Waals surface area contributed by atoms with Crippen molar-refractivity contribution in [2.45, 2.75) is 31.1 Å². The summed E-state index contributed by atoms with van der Waals surface area (Å²) in [4.78, 5) is 32.6. The molecule has 0 bridgehead atoms. The van der Waals surface area contributed by atoms with Gasteiger partial charge in [-0.25, -0.2) is 22.7 Å². The summed E-state index contributed by atoms with van der Waals surface area (Å²) in [7, 11) is -2.41. The van der Waals surface area contributed by atoms with E-state index < -0.39 is 28.5 Å². The lowest BCUT2D eigenvalue weighted by Crippen LogP contribution is -2.35. The van der Waals surface area contributed by atoms with Gasteiger partial charge in [0.2, 0.25) is 10.0 Å². The Morgan fingerprint density at radius 2 is 1.91 bits per heavy atom. The second kappa shape index (κ2) is 9.73. The van der Waals surface area contributed by atoms with Gasteiger partial charge in [-0.3, -0.25) is 4.79 Å². The van der Waals surface area contributed by atoms with Gasteiger partial charge in [0.25, 0.3) is 17.5 Å². The molecule has 0 radical (unpaired) electrons. The lowest BCUT2D eigenvalue weighted by atomic mass is 10.2. The SMILES string of the molecule is COc1ccc(NC(=O)COC(=O)c2nc3nccc(C)n3n2)cc1S(=O)(=O)N1CCCCC1. The Morgan fingerprint density at radius 1 is 1.15 bits per heavy atom. The summed E-state index contributed by atoms with van der Waals surface area (Å²) < 4.78 is 39.3. The molecule has 3 heterocycles. The number of aryl methyl sites for hydroxylation is 1. The number of carbonyl (C=O) groups is 2. The third-order valence-corrected chi connectivity index (χ3v) is 7.25. The smallest absolute Gasteiger partial charge is 0.378 e. The van der Waals surface area contributed by atoms with Crippen LogP contribution < -0.4 is 10.1 Å². The largest absolute Gasteiger partial charge is 0.495 e. The first kappa shape index (κ1) is 23.6. The zero-order chi connectivity index (χ0) is 24.3. The van der Waals surface area contributed by atoms with Crippen LogP contribution in [0.3, 0.4) is 0 Å². The molecule has 0 spiro atoms. The van der Waals surface area contributed by atoms with Crippen molar-refractivity contribution in [2.24, 2.45) is 0 Å². The van der Waals surface area contributed by atoms with Crippen molar-refractivity contribution in [2.75, 3.05) is 32.1 Å². The Balaban J connectivity index is 1.43. The summed E-state index contributed by atoms with van der Waals surface area (Å²) in [5, 5.41) is 6.57. The molecule has 13 heteroatoms. The molecule has 3 aromatic rings. The number of carbonyl (C=O) groups excluding carboxylic acids is 2. The first-order valence-electron chi connectivity index (χ1n) is 10.6. The third kappa shape index (κ3) is 4.84. The number of hydrogen-bond acceptors (Lipinski definition) is 9. The number of hydrogen-bond donors (Lipinski definition) is 1. The van der Waals surface area contributed by atoms with Gasteiger partial charge in [0, 0.05) is 30.7 Å². The highest BCUT2D eigenvalue weighted by molar-refractivity contribution is 7.89. The lowest BCUT2D eigenvalue weighted by Gasteiger charge is -2.26. The van der Waals surface area contributed by atoms with Crippen LogP contribution >= 0.6 is 0 Å². The predicted octanol–water partition coefficient (Wildman–Crippen LogP) is 1.41. The average molecular weight is 489 g/mol. The topological polar surface area (TPSA) is 145 Å². The Hall–Kier alpha value is -3.58. The summed E-state index contributed by atoms with van der Waals surface area (Å²) >= 11 is 0. The van der Waals surface area contributed by atoms with Crippen molar-refractivity contribution in [1.82, 2.24) is 23.9 Å². The Morgan fingerprint density at radius 3 is 2.62 bits per heavy atom. The molecule has 1 amide bonds. The van der Waals surface area contributed by atoms with E-state index >= 15 is 0 Å². The summed E-state index contributed by atoms with van der Waals surface area (Å²) in [6.07, 6.45) is 4.11. The van der Waals surface area contributed by atoms with Gasteiger partial charge in [-0.05, 0) is 44.0 Å². The molecule has 1 aromatic carbocycles. The van der Waals surface area contributed by atoms with Gasteiger partial charge in [0.05, 0.1) is 7.11 Å². The number of aromatic nitrogens is 4. The summed E-state index contributed by atoms with van der Waals surface area (Å²) in [5.74, 6) is -1.36. The Bertz CT molecular complexity index is 1330. The standard InChI is InChI=1S/C21H24N6O6S/c1-14-8-9-22-21-24-19(25-27(14)21)20(29)33-13-18(28)23-15-6-7-16(32-2)17(12-15)34(30,31)26-10-4-3-5-11-26/h6-9,12H,3-5,10-11,13H2,1-2H3,(H,23,28). The van der Waals surface area contributed by atoms with Crippen molar-refractivity contribution in [3.8, 4) is 5.75 Å². The minimum atomic E-state index is -3.79. The summed E-state index contributed by atoms with van der Waals surface area (Å²) in [6.45, 7) is 2.04. The number of piperidine rings is 1. The number of anilines is 1. The van der Waals surface area contributed by atoms with Gasteiger partial charge < -0.3 is 14.8 Å². The van der Waals surface area contributed by atoms with Gasteiger partial charge in [-0.2, -0.15) is 9.29 Å². The number of nitrogens with zero attached hydrogens (tertiary/aromatic N) is 5. The number of sulfonamides is 1. The maximum absolute atomic E-state index is 13.1. The van der Waals surface area contributed by atoms with Crippen LogP contribution in [0.5, 0.6) is 5.75 Å². The number of rotatable bonds is 7. The molecule has 1 N–H and O–H groups in total. The average Bonchev–Trinajstić information content (AvgIpc) is 3.29. The van der Waals surface area contributed by atoms with Crippen LogP contribution in [0.4, 0.5) is 5.69 Å². The highest BCUT2D eigenvalue weighted by Crippen LogP contribution is 2.31. The molecule has 1 fully saturated rings. The third-order valence-electron chi connectivity index (χ3n) is 5.33. The number of esters is 1. The lowest BCUT2D eigenvalue weighted by molar-refractivity contribution is -0.119. The van der Waals surface area contributed by atoms with Gasteiger partial charge in [0.15, 0.2) is 6.61 Å². The molecule has 0 saturated carbocycles. The number of ether oxygens (including phenoxy) is 2. The van der Waals surface area contributed by atoms with Crippen molar-refractivity contribution in [3.63, 3.8) is 0 Å². The quantitative estimate of drug-likeness (QED) is 0.488. The number of benzene rings is 1. The van der Waals surface area contributed by atoms with Crippen molar-refractivity contribution < 1.29 is 27.5 Å². The van der Waals surface area contributed by atoms with Crippen LogP contribution in [0.15, 0.2) is 35.4 Å². The molecule has 34 heavy (non-hydrogen) atoms. The zero-order valence-corrected chi connectivity index (χ0v) is 19.5. The minimum absolute atomic E-state index is 0.0385. The van der Waals surface area contributed by atoms with Crippen LogP contribution in [0.25, 0.3) is 5.78 Å². The molecule has 1 aliphatic rings. The van der Waals surface area contributed by atoms with E-state index in [0.29, 0.717) is 13.1 Å². The van der Waals surface area contributed by atoms with Crippen LogP contribution in [-0.2, 0) is 19.6 Å². The monoisotopic (exact) mass is 488 g/mol. The van der Waals surface area contributed by atoms with Crippen molar-refractivity contribution in [3.05, 3.63) is 42.0 Å². The van der Waals surface area contributed by atoms with Gasteiger partial charge in [-0.15, -0.1) is 5.10 Å². The van der Waals surface area contributed by atoms with Crippen LogP contribution in [0.1, 0.15) is 35.6 Å². The van der Waals surface area contributed by atoms with Gasteiger partial charge in [0.1, 0.15) is 10.6 Å². The van der Waals surface area contributed by atoms with Gasteiger partial charge >= 0.3 is 5.97 Å². The molecular weight excluding hydrogens is 464 g/mol. The molecule has 0 unspecified atom stereocenters. The number of amides is 1. The van der Waals surface area contributed by atoms with Crippen molar-refractivity contribution in [1.29, 1.82) is 0 Å². The van der Waals surface area contributed by atoms with Gasteiger partial charge in [-0.1, -0.05) is 6.42 Å². The van der Waals surface area contributed by atoms with Crippen molar-refractivity contribution >= 4 is 33.4 Å². The second-order valence-corrected chi connectivity index (χ2v) is 9.59. The normalized spacial score (nSPS) is 14.6. The molecule has 0 aliphatic carbocycles. The molecule has 1 saturated heterocycles. The fraction of sp³-hybridized carbons (Fsp3) is 0.381. The maximum Gasteiger partial charge on any atom is 0.378 e. The minimum Gasteiger partial charge on any atom is -0.495 e.